The van der Waals surface area contributed by atoms with E-state index in [1.165, 1.54) is 0 Å². The molecule has 0 aliphatic carbocycles. The topological polar surface area (TPSA) is 148 Å². The lowest BCUT2D eigenvalue weighted by molar-refractivity contribution is -0.302. The number of rotatable bonds is 3. The summed E-state index contributed by atoms with van der Waals surface area (Å²) in [7, 11) is 0. The minimum absolute atomic E-state index is 0.568. The molecule has 0 bridgehead atoms. The van der Waals surface area contributed by atoms with Crippen molar-refractivity contribution >= 4 is 0 Å². The minimum Gasteiger partial charge on any atom is -0.400 e. The summed E-state index contributed by atoms with van der Waals surface area (Å²) in [5.74, 6) is 0. The first-order valence-corrected chi connectivity index (χ1v) is 4.12. The second-order valence-corrected chi connectivity index (χ2v) is 2.97. The second kappa shape index (κ2) is 5.12. The molecule has 1 aliphatic rings. The Morgan fingerprint density at radius 2 is 1.93 bits per heavy atom. The van der Waals surface area contributed by atoms with Crippen molar-refractivity contribution in [3.63, 3.8) is 0 Å². The van der Waals surface area contributed by atoms with E-state index < -0.39 is 37.3 Å². The quantitative estimate of drug-likeness (QED) is 0.188. The molecule has 1 fully saturated rings. The molecular weight excluding hydrogens is 210 g/mol. The first-order chi connectivity index (χ1) is 7.11. The van der Waals surface area contributed by atoms with E-state index in [1.54, 1.807) is 0 Å². The Morgan fingerprint density at radius 1 is 1.27 bits per heavy atom. The molecule has 4 N–H and O–H groups in total. The zero-order valence-electron chi connectivity index (χ0n) is 7.54. The Hall–Kier alpha value is -1.09. The molecule has 0 radical (unpaired) electrons. The standard InChI is InChI=1S/C6H11N3O6/c7-8-9-15-6-5(13)4(12)3(11)2(1-10)14-6/h2-6,10-13H,1H2/t2-,3-,4+,5-,6+/m1/s1. The Morgan fingerprint density at radius 3 is 2.47 bits per heavy atom. The predicted octanol–water partition coefficient (Wildman–Crippen LogP) is -1.97. The molecule has 0 unspecified atom stereocenters. The molecule has 0 aromatic rings. The second-order valence-electron chi connectivity index (χ2n) is 2.97. The number of azide groups is 1. The lowest BCUT2D eigenvalue weighted by Gasteiger charge is -2.38. The van der Waals surface area contributed by atoms with Gasteiger partial charge in [-0.1, -0.05) is 0 Å². The van der Waals surface area contributed by atoms with Crippen LogP contribution in [0.5, 0.6) is 0 Å². The van der Waals surface area contributed by atoms with E-state index in [1.807, 2.05) is 0 Å². The Labute approximate surface area is 84.0 Å². The molecule has 9 nitrogen and oxygen atoms in total. The van der Waals surface area contributed by atoms with Gasteiger partial charge in [-0.05, 0) is 5.53 Å². The van der Waals surface area contributed by atoms with E-state index in [2.05, 4.69) is 15.0 Å². The smallest absolute Gasteiger partial charge is 0.237 e. The largest absolute Gasteiger partial charge is 0.400 e. The average molecular weight is 221 g/mol. The van der Waals surface area contributed by atoms with E-state index >= 15 is 0 Å². The van der Waals surface area contributed by atoms with Gasteiger partial charge in [0.25, 0.3) is 0 Å². The van der Waals surface area contributed by atoms with E-state index in [4.69, 9.17) is 15.4 Å². The molecule has 9 heteroatoms. The molecule has 1 saturated heterocycles. The van der Waals surface area contributed by atoms with Gasteiger partial charge >= 0.3 is 0 Å². The fourth-order valence-electron chi connectivity index (χ4n) is 1.22. The summed E-state index contributed by atoms with van der Waals surface area (Å²) in [6.45, 7) is -0.568. The van der Waals surface area contributed by atoms with E-state index in [9.17, 15) is 15.3 Å². The van der Waals surface area contributed by atoms with Gasteiger partial charge in [0.05, 0.1) is 6.61 Å². The number of hydrogen-bond acceptors (Lipinski definition) is 7. The zero-order chi connectivity index (χ0) is 11.4. The molecule has 0 amide bonds. The number of aliphatic hydroxyl groups is 4. The molecule has 15 heavy (non-hydrogen) atoms. The highest BCUT2D eigenvalue weighted by atomic mass is 16.8. The molecule has 86 valence electrons. The average Bonchev–Trinajstić information content (AvgIpc) is 2.25. The molecule has 1 heterocycles. The van der Waals surface area contributed by atoms with Crippen molar-refractivity contribution in [2.24, 2.45) is 5.28 Å². The van der Waals surface area contributed by atoms with Gasteiger partial charge in [0, 0.05) is 4.91 Å². The molecule has 0 spiro atoms. The first-order valence-electron chi connectivity index (χ1n) is 4.12. The molecular formula is C6H11N3O6. The molecule has 1 rings (SSSR count). The van der Waals surface area contributed by atoms with Crippen LogP contribution in [0.1, 0.15) is 0 Å². The summed E-state index contributed by atoms with van der Waals surface area (Å²) in [5, 5.41) is 39.4. The number of aliphatic hydroxyl groups excluding tert-OH is 4. The Bertz CT molecular complexity index is 255. The van der Waals surface area contributed by atoms with Crippen LogP contribution in [0.3, 0.4) is 0 Å². The van der Waals surface area contributed by atoms with Crippen molar-refractivity contribution in [2.45, 2.75) is 30.7 Å². The van der Waals surface area contributed by atoms with Crippen molar-refractivity contribution in [1.82, 2.24) is 0 Å². The minimum atomic E-state index is -1.56. The van der Waals surface area contributed by atoms with Crippen molar-refractivity contribution in [1.29, 1.82) is 0 Å². The summed E-state index contributed by atoms with van der Waals surface area (Å²) in [5.41, 5.74) is 7.96. The van der Waals surface area contributed by atoms with Crippen LogP contribution >= 0.6 is 0 Å². The maximum atomic E-state index is 9.32. The lowest BCUT2D eigenvalue weighted by atomic mass is 9.99. The highest BCUT2D eigenvalue weighted by molar-refractivity contribution is 4.88. The summed E-state index contributed by atoms with van der Waals surface area (Å²) in [6, 6.07) is 0. The van der Waals surface area contributed by atoms with Crippen LogP contribution in [0.2, 0.25) is 0 Å². The number of hydrogen-bond donors (Lipinski definition) is 4. The molecule has 5 atom stereocenters. The van der Waals surface area contributed by atoms with Gasteiger partial charge in [0.15, 0.2) is 0 Å². The van der Waals surface area contributed by atoms with Crippen molar-refractivity contribution in [2.75, 3.05) is 6.61 Å². The highest BCUT2D eigenvalue weighted by Crippen LogP contribution is 2.21. The van der Waals surface area contributed by atoms with Crippen LogP contribution < -0.4 is 0 Å². The maximum Gasteiger partial charge on any atom is 0.237 e. The SMILES string of the molecule is [N-]=[N+]=NO[C@@H]1O[C@H](CO)[C@@H](O)[C@H](O)[C@H]1O. The van der Waals surface area contributed by atoms with Crippen LogP contribution in [-0.4, -0.2) is 57.7 Å². The third kappa shape index (κ3) is 2.48. The summed E-state index contributed by atoms with van der Waals surface area (Å²) in [6.07, 6.45) is -7.07. The fraction of sp³-hybridized carbons (Fsp3) is 1.00. The van der Waals surface area contributed by atoms with Gasteiger partial charge in [-0.3, -0.25) is 0 Å². The van der Waals surface area contributed by atoms with Gasteiger partial charge in [-0.25, -0.2) is 0 Å². The van der Waals surface area contributed by atoms with E-state index in [-0.39, 0.29) is 0 Å². The Kier molecular flexibility index (Phi) is 4.09. The van der Waals surface area contributed by atoms with Crippen LogP contribution in [0.15, 0.2) is 5.28 Å². The Balaban J connectivity index is 2.69. The van der Waals surface area contributed by atoms with Gasteiger partial charge in [-0.2, -0.15) is 0 Å². The van der Waals surface area contributed by atoms with Crippen LogP contribution in [0.4, 0.5) is 0 Å². The van der Waals surface area contributed by atoms with E-state index in [0.29, 0.717) is 0 Å². The lowest BCUT2D eigenvalue weighted by Crippen LogP contribution is -2.58. The summed E-state index contributed by atoms with van der Waals surface area (Å²) >= 11 is 0. The maximum absolute atomic E-state index is 9.32. The van der Waals surface area contributed by atoms with Gasteiger partial charge in [0.1, 0.15) is 29.7 Å². The molecule has 0 aromatic carbocycles. The summed E-state index contributed by atoms with van der Waals surface area (Å²) < 4.78 is 4.84. The zero-order valence-corrected chi connectivity index (χ0v) is 7.54. The third-order valence-electron chi connectivity index (χ3n) is 2.04. The normalized spacial score (nSPS) is 40.7. The summed E-state index contributed by atoms with van der Waals surface area (Å²) in [4.78, 5) is 6.61. The molecule has 1 aliphatic heterocycles. The van der Waals surface area contributed by atoms with Gasteiger partial charge in [0.2, 0.25) is 6.29 Å². The molecule has 0 aromatic heterocycles. The first kappa shape index (κ1) is 12.0. The third-order valence-corrected chi connectivity index (χ3v) is 2.04. The number of ether oxygens (including phenoxy) is 1. The highest BCUT2D eigenvalue weighted by Gasteiger charge is 2.44. The fourth-order valence-corrected chi connectivity index (χ4v) is 1.22. The van der Waals surface area contributed by atoms with Gasteiger partial charge < -0.3 is 30.0 Å². The predicted molar refractivity (Wildman–Crippen MR) is 44.0 cm³/mol. The number of nitrogens with zero attached hydrogens (tertiary/aromatic N) is 3. The monoisotopic (exact) mass is 221 g/mol. The van der Waals surface area contributed by atoms with E-state index in [0.717, 1.165) is 0 Å². The van der Waals surface area contributed by atoms with Crippen molar-refractivity contribution < 1.29 is 30.0 Å². The van der Waals surface area contributed by atoms with Gasteiger partial charge in [-0.15, -0.1) is 0 Å². The van der Waals surface area contributed by atoms with Crippen LogP contribution in [-0.2, 0) is 9.57 Å². The van der Waals surface area contributed by atoms with Crippen molar-refractivity contribution in [3.8, 4) is 0 Å². The van der Waals surface area contributed by atoms with Crippen molar-refractivity contribution in [3.05, 3.63) is 10.4 Å². The van der Waals surface area contributed by atoms with Crippen LogP contribution in [0, 0.1) is 0 Å². The van der Waals surface area contributed by atoms with Crippen LogP contribution in [0.25, 0.3) is 10.4 Å². The molecule has 0 saturated carbocycles.